The molecule has 2 N–H and O–H groups in total. The lowest BCUT2D eigenvalue weighted by Gasteiger charge is -2.36. The van der Waals surface area contributed by atoms with Gasteiger partial charge in [0, 0.05) is 65.0 Å². The molecule has 2 aromatic rings. The summed E-state index contributed by atoms with van der Waals surface area (Å²) in [7, 11) is 3.61. The fourth-order valence-corrected chi connectivity index (χ4v) is 4.97. The highest BCUT2D eigenvalue weighted by molar-refractivity contribution is 6.42. The van der Waals surface area contributed by atoms with Gasteiger partial charge < -0.3 is 29.3 Å². The van der Waals surface area contributed by atoms with Gasteiger partial charge in [-0.15, -0.1) is 0 Å². The monoisotopic (exact) mass is 556 g/mol. The third kappa shape index (κ3) is 8.57. The number of carboxylic acid groups (broad SMARTS) is 2. The Kier molecular flexibility index (Phi) is 11.6. The first-order chi connectivity index (χ1) is 19.2. The zero-order valence-corrected chi connectivity index (χ0v) is 23.4. The molecule has 2 saturated heterocycles. The van der Waals surface area contributed by atoms with E-state index >= 15 is 0 Å². The van der Waals surface area contributed by atoms with Gasteiger partial charge in [0.2, 0.25) is 0 Å². The molecule has 3 heterocycles. The van der Waals surface area contributed by atoms with Gasteiger partial charge in [-0.1, -0.05) is 12.1 Å². The van der Waals surface area contributed by atoms with Crippen molar-refractivity contribution >= 4 is 29.3 Å². The first kappa shape index (κ1) is 30.7. The average Bonchev–Trinajstić information content (AvgIpc) is 3.35. The summed E-state index contributed by atoms with van der Waals surface area (Å²) in [6.07, 6.45) is 3.38. The van der Waals surface area contributed by atoms with E-state index in [0.29, 0.717) is 18.8 Å². The van der Waals surface area contributed by atoms with Crippen molar-refractivity contribution in [2.45, 2.75) is 38.5 Å². The minimum absolute atomic E-state index is 0.296. The van der Waals surface area contributed by atoms with Gasteiger partial charge in [0.1, 0.15) is 5.75 Å². The van der Waals surface area contributed by atoms with Gasteiger partial charge in [-0.3, -0.25) is 24.1 Å². The normalized spacial score (nSPS) is 15.7. The summed E-state index contributed by atoms with van der Waals surface area (Å²) in [5.41, 5.74) is 2.74. The van der Waals surface area contributed by atoms with Crippen LogP contribution in [0.15, 0.2) is 36.4 Å². The zero-order valence-electron chi connectivity index (χ0n) is 23.4. The Balaban J connectivity index is 0.000000482. The second-order valence-corrected chi connectivity index (χ2v) is 9.99. The van der Waals surface area contributed by atoms with Crippen LogP contribution in [0.2, 0.25) is 0 Å². The number of likely N-dealkylation sites (tertiary alicyclic amines) is 1. The number of para-hydroxylation sites is 2. The van der Waals surface area contributed by atoms with Crippen LogP contribution in [0.3, 0.4) is 0 Å². The number of rotatable bonds is 10. The van der Waals surface area contributed by atoms with Gasteiger partial charge in [-0.2, -0.15) is 0 Å². The molecule has 2 aliphatic rings. The van der Waals surface area contributed by atoms with Gasteiger partial charge >= 0.3 is 11.9 Å². The molecule has 0 aliphatic carbocycles. The lowest BCUT2D eigenvalue weighted by Crippen LogP contribution is -2.47. The summed E-state index contributed by atoms with van der Waals surface area (Å²) in [6.45, 7) is 6.23. The number of amides is 1. The molecule has 2 fully saturated rings. The molecule has 0 radical (unpaired) electrons. The number of carbonyl (C=O) groups excluding carboxylic acids is 2. The van der Waals surface area contributed by atoms with Crippen molar-refractivity contribution in [3.63, 3.8) is 0 Å². The summed E-state index contributed by atoms with van der Waals surface area (Å²) >= 11 is 0. The second kappa shape index (κ2) is 15.1. The van der Waals surface area contributed by atoms with E-state index < -0.39 is 11.9 Å². The average molecular weight is 557 g/mol. The number of carbonyl (C=O) groups is 4. The second-order valence-electron chi connectivity index (χ2n) is 9.99. The summed E-state index contributed by atoms with van der Waals surface area (Å²) in [6, 6.07) is 12.0. The number of benzene rings is 1. The van der Waals surface area contributed by atoms with Crippen LogP contribution in [-0.4, -0.2) is 101 Å². The van der Waals surface area contributed by atoms with Gasteiger partial charge in [-0.05, 0) is 43.5 Å². The Bertz CT molecular complexity index is 1150. The van der Waals surface area contributed by atoms with Gasteiger partial charge in [0.15, 0.2) is 0 Å². The number of nitrogens with zero attached hydrogens (tertiary/aromatic N) is 4. The van der Waals surface area contributed by atoms with Crippen LogP contribution < -0.4 is 9.64 Å². The maximum atomic E-state index is 12.8. The van der Waals surface area contributed by atoms with E-state index in [1.807, 2.05) is 29.8 Å². The number of aromatic nitrogens is 1. The lowest BCUT2D eigenvalue weighted by molar-refractivity contribution is -0.143. The van der Waals surface area contributed by atoms with Crippen LogP contribution in [0, 0.1) is 0 Å². The number of piperazine rings is 1. The smallest absolute Gasteiger partial charge is 0.303 e. The molecule has 1 aromatic heterocycles. The number of carboxylic acids is 2. The molecule has 0 saturated carbocycles. The standard InChI is InChI=1S/C25H34N4O3.C4H6O4/c1-26-20(10-11-22(26)24(30)25(31)29-13-6-3-7-14-29)12-15-27-16-18-28(19-17-27)21-8-4-5-9-23(21)32-2;5-3(6)1-2-4(7)8/h4-5,8-11H,3,6-7,12-19H2,1-2H3;1-2H2,(H,5,6)(H,7,8). The molecule has 11 heteroatoms. The van der Waals surface area contributed by atoms with Crippen LogP contribution in [0.4, 0.5) is 5.69 Å². The summed E-state index contributed by atoms with van der Waals surface area (Å²) in [5, 5.41) is 15.8. The lowest BCUT2D eigenvalue weighted by atomic mass is 10.1. The topological polar surface area (TPSA) is 133 Å². The molecule has 0 unspecified atom stereocenters. The third-order valence-electron chi connectivity index (χ3n) is 7.33. The number of aliphatic carboxylic acids is 2. The van der Waals surface area contributed by atoms with Crippen molar-refractivity contribution < 1.29 is 34.1 Å². The zero-order chi connectivity index (χ0) is 29.1. The molecule has 2 aliphatic heterocycles. The van der Waals surface area contributed by atoms with E-state index in [1.54, 1.807) is 18.1 Å². The van der Waals surface area contributed by atoms with Crippen LogP contribution in [0.5, 0.6) is 5.75 Å². The van der Waals surface area contributed by atoms with E-state index in [2.05, 4.69) is 21.9 Å². The van der Waals surface area contributed by atoms with E-state index in [-0.39, 0.29) is 24.5 Å². The maximum absolute atomic E-state index is 12.8. The molecule has 0 atom stereocenters. The largest absolute Gasteiger partial charge is 0.495 e. The number of hydrogen-bond acceptors (Lipinski definition) is 7. The number of piperidine rings is 1. The van der Waals surface area contributed by atoms with Crippen LogP contribution in [-0.2, 0) is 27.9 Å². The Hall–Kier alpha value is -3.86. The highest BCUT2D eigenvalue weighted by atomic mass is 16.5. The number of hydrogen-bond donors (Lipinski definition) is 2. The quantitative estimate of drug-likeness (QED) is 0.335. The summed E-state index contributed by atoms with van der Waals surface area (Å²) in [4.78, 5) is 51.2. The molecule has 0 bridgehead atoms. The van der Waals surface area contributed by atoms with Crippen molar-refractivity contribution in [3.05, 3.63) is 47.8 Å². The highest BCUT2D eigenvalue weighted by Gasteiger charge is 2.27. The maximum Gasteiger partial charge on any atom is 0.303 e. The Morgan fingerprint density at radius 3 is 2.05 bits per heavy atom. The molecule has 0 spiro atoms. The fraction of sp³-hybridized carbons (Fsp3) is 0.517. The van der Waals surface area contributed by atoms with Crippen LogP contribution in [0.25, 0.3) is 0 Å². The molecule has 218 valence electrons. The number of anilines is 1. The van der Waals surface area contributed by atoms with E-state index in [0.717, 1.165) is 75.5 Å². The van der Waals surface area contributed by atoms with E-state index in [4.69, 9.17) is 14.9 Å². The number of ether oxygens (including phenoxy) is 1. The highest BCUT2D eigenvalue weighted by Crippen LogP contribution is 2.28. The third-order valence-corrected chi connectivity index (χ3v) is 7.33. The molecule has 1 aromatic carbocycles. The molecular weight excluding hydrogens is 516 g/mol. The summed E-state index contributed by atoms with van der Waals surface area (Å²) in [5.74, 6) is -1.98. The molecule has 11 nitrogen and oxygen atoms in total. The molecule has 1 amide bonds. The predicted molar refractivity (Wildman–Crippen MR) is 150 cm³/mol. The number of methoxy groups -OCH3 is 1. The van der Waals surface area contributed by atoms with E-state index in [1.165, 1.54) is 0 Å². The van der Waals surface area contributed by atoms with Crippen molar-refractivity contribution in [1.82, 2.24) is 14.4 Å². The molecular formula is C29H40N4O7. The molecule has 4 rings (SSSR count). The SMILES string of the molecule is COc1ccccc1N1CCN(CCc2ccc(C(=O)C(=O)N3CCCCC3)n2C)CC1.O=C(O)CCC(=O)O. The van der Waals surface area contributed by atoms with Crippen LogP contribution >= 0.6 is 0 Å². The van der Waals surface area contributed by atoms with Gasteiger partial charge in [0.25, 0.3) is 11.7 Å². The van der Waals surface area contributed by atoms with E-state index in [9.17, 15) is 19.2 Å². The minimum atomic E-state index is -1.08. The van der Waals surface area contributed by atoms with Gasteiger partial charge in [0.05, 0.1) is 31.3 Å². The predicted octanol–water partition coefficient (Wildman–Crippen LogP) is 2.53. The Morgan fingerprint density at radius 1 is 0.825 bits per heavy atom. The summed E-state index contributed by atoms with van der Waals surface area (Å²) < 4.78 is 7.41. The fourth-order valence-electron chi connectivity index (χ4n) is 4.97. The first-order valence-electron chi connectivity index (χ1n) is 13.7. The molecule has 40 heavy (non-hydrogen) atoms. The number of Topliss-reactive ketones (excluding diaryl/α,β-unsaturated/α-hetero) is 1. The minimum Gasteiger partial charge on any atom is -0.495 e. The Labute approximate surface area is 234 Å². The Morgan fingerprint density at radius 2 is 1.45 bits per heavy atom. The first-order valence-corrected chi connectivity index (χ1v) is 13.7. The number of ketones is 1. The van der Waals surface area contributed by atoms with Crippen molar-refractivity contribution in [3.8, 4) is 5.75 Å². The van der Waals surface area contributed by atoms with Crippen molar-refractivity contribution in [2.24, 2.45) is 7.05 Å². The van der Waals surface area contributed by atoms with Crippen molar-refractivity contribution in [1.29, 1.82) is 0 Å². The van der Waals surface area contributed by atoms with Gasteiger partial charge in [-0.25, -0.2) is 0 Å². The van der Waals surface area contributed by atoms with Crippen LogP contribution in [0.1, 0.15) is 48.3 Å². The van der Waals surface area contributed by atoms with Crippen molar-refractivity contribution in [2.75, 3.05) is 57.8 Å².